The van der Waals surface area contributed by atoms with Crippen molar-refractivity contribution in [2.24, 2.45) is 0 Å². The van der Waals surface area contributed by atoms with Gasteiger partial charge >= 0.3 is 0 Å². The second-order valence-corrected chi connectivity index (χ2v) is 8.80. The Kier molecular flexibility index (Phi) is 5.66. The number of ketones is 2. The molecule has 0 saturated heterocycles. The molecular weight excluding hydrogens is 380 g/mol. The lowest BCUT2D eigenvalue weighted by Crippen LogP contribution is -2.25. The molecule has 0 amide bonds. The third-order valence-corrected chi connectivity index (χ3v) is 6.77. The fraction of sp³-hybridized carbons (Fsp3) is 0.310. The second-order valence-electron chi connectivity index (χ2n) is 8.80. The molecule has 0 aliphatic heterocycles. The van der Waals surface area contributed by atoms with Gasteiger partial charge in [0.25, 0.3) is 0 Å². The molecule has 0 aromatic heterocycles. The first-order valence-electron chi connectivity index (χ1n) is 11.3. The first kappa shape index (κ1) is 21.2. The van der Waals surface area contributed by atoms with Gasteiger partial charge in [-0.15, -0.1) is 0 Å². The lowest BCUT2D eigenvalue weighted by Gasteiger charge is -2.32. The maximum Gasteiger partial charge on any atom is 0.193 e. The maximum absolute atomic E-state index is 13.4. The first-order chi connectivity index (χ1) is 14.9. The van der Waals surface area contributed by atoms with Gasteiger partial charge in [-0.3, -0.25) is 9.59 Å². The van der Waals surface area contributed by atoms with Crippen LogP contribution in [-0.4, -0.2) is 11.6 Å². The van der Waals surface area contributed by atoms with Crippen LogP contribution in [0.1, 0.15) is 89.4 Å². The fourth-order valence-corrected chi connectivity index (χ4v) is 5.36. The average molecular weight is 411 g/mol. The normalized spacial score (nSPS) is 13.5. The molecule has 3 aromatic rings. The minimum Gasteiger partial charge on any atom is -0.295 e. The molecule has 0 spiro atoms. The van der Waals surface area contributed by atoms with Crippen LogP contribution in [0.15, 0.2) is 60.7 Å². The molecule has 0 bridgehead atoms. The molecule has 0 atom stereocenters. The highest BCUT2D eigenvalue weighted by Gasteiger charge is 2.42. The van der Waals surface area contributed by atoms with Crippen molar-refractivity contribution in [3.05, 3.63) is 94.0 Å². The molecule has 0 saturated carbocycles. The van der Waals surface area contributed by atoms with Crippen molar-refractivity contribution < 1.29 is 9.59 Å². The summed E-state index contributed by atoms with van der Waals surface area (Å²) >= 11 is 0. The van der Waals surface area contributed by atoms with Gasteiger partial charge in [0.1, 0.15) is 0 Å². The van der Waals surface area contributed by atoms with Crippen LogP contribution in [0.25, 0.3) is 11.1 Å². The van der Waals surface area contributed by atoms with Gasteiger partial charge in [0, 0.05) is 22.1 Å². The summed E-state index contributed by atoms with van der Waals surface area (Å²) < 4.78 is 0. The number of benzene rings is 3. The van der Waals surface area contributed by atoms with Gasteiger partial charge in [0.2, 0.25) is 0 Å². The van der Waals surface area contributed by atoms with E-state index in [4.69, 9.17) is 0 Å². The molecule has 1 aliphatic rings. The molecule has 2 nitrogen and oxygen atoms in total. The Hall–Kier alpha value is -3.00. The predicted molar refractivity (Wildman–Crippen MR) is 127 cm³/mol. The third kappa shape index (κ3) is 3.44. The lowest BCUT2D eigenvalue weighted by molar-refractivity contribution is 0.101. The molecule has 0 fully saturated rings. The van der Waals surface area contributed by atoms with Gasteiger partial charge in [0.15, 0.2) is 11.6 Å². The van der Waals surface area contributed by atoms with Crippen molar-refractivity contribution in [1.82, 2.24) is 0 Å². The highest BCUT2D eigenvalue weighted by molar-refractivity contribution is 6.10. The van der Waals surface area contributed by atoms with E-state index in [1.165, 1.54) is 22.3 Å². The summed E-state index contributed by atoms with van der Waals surface area (Å²) in [6.07, 6.45) is 4.09. The number of fused-ring (bicyclic) bond motifs is 3. The molecule has 3 aromatic carbocycles. The van der Waals surface area contributed by atoms with Crippen LogP contribution in [0.4, 0.5) is 0 Å². The summed E-state index contributed by atoms with van der Waals surface area (Å²) in [5.41, 5.74) is 8.00. The smallest absolute Gasteiger partial charge is 0.193 e. The maximum atomic E-state index is 13.4. The van der Waals surface area contributed by atoms with E-state index >= 15 is 0 Å². The van der Waals surface area contributed by atoms with E-state index in [1.807, 2.05) is 43.3 Å². The molecule has 0 radical (unpaired) electrons. The van der Waals surface area contributed by atoms with Crippen LogP contribution >= 0.6 is 0 Å². The number of hydrogen-bond acceptors (Lipinski definition) is 2. The Bertz CT molecular complexity index is 1160. The minimum absolute atomic E-state index is 0.0724. The molecule has 0 unspecified atom stereocenters. The Balaban J connectivity index is 1.92. The summed E-state index contributed by atoms with van der Waals surface area (Å²) in [6, 6.07) is 20.1. The Morgan fingerprint density at radius 2 is 1.32 bits per heavy atom. The van der Waals surface area contributed by atoms with Gasteiger partial charge in [-0.1, -0.05) is 75.2 Å². The van der Waals surface area contributed by atoms with Gasteiger partial charge < -0.3 is 0 Å². The quantitative estimate of drug-likeness (QED) is 0.383. The van der Waals surface area contributed by atoms with Gasteiger partial charge in [-0.05, 0) is 66.6 Å². The number of Topliss-reactive ketones (excluding diaryl/α,β-unsaturated/α-hetero) is 1. The van der Waals surface area contributed by atoms with Gasteiger partial charge in [-0.2, -0.15) is 0 Å². The Morgan fingerprint density at radius 1 is 0.774 bits per heavy atom. The largest absolute Gasteiger partial charge is 0.295 e. The number of carbonyl (C=O) groups is 2. The van der Waals surface area contributed by atoms with Crippen molar-refractivity contribution in [2.75, 3.05) is 0 Å². The average Bonchev–Trinajstić information content (AvgIpc) is 3.03. The van der Waals surface area contributed by atoms with Gasteiger partial charge in [0.05, 0.1) is 0 Å². The molecule has 0 N–H and O–H groups in total. The van der Waals surface area contributed by atoms with E-state index < -0.39 is 0 Å². The Labute approximate surface area is 185 Å². The van der Waals surface area contributed by atoms with Crippen LogP contribution in [-0.2, 0) is 5.41 Å². The van der Waals surface area contributed by atoms with Crippen molar-refractivity contribution in [3.8, 4) is 11.1 Å². The molecule has 0 heterocycles. The van der Waals surface area contributed by atoms with Crippen LogP contribution in [0.3, 0.4) is 0 Å². The molecule has 31 heavy (non-hydrogen) atoms. The van der Waals surface area contributed by atoms with E-state index in [-0.39, 0.29) is 17.0 Å². The highest BCUT2D eigenvalue weighted by atomic mass is 16.1. The zero-order valence-electron chi connectivity index (χ0n) is 18.9. The van der Waals surface area contributed by atoms with Crippen LogP contribution in [0, 0.1) is 6.92 Å². The van der Waals surface area contributed by atoms with Crippen molar-refractivity contribution in [1.29, 1.82) is 0 Å². The second kappa shape index (κ2) is 8.26. The summed E-state index contributed by atoms with van der Waals surface area (Å²) in [4.78, 5) is 25.5. The highest BCUT2D eigenvalue weighted by Crippen LogP contribution is 2.54. The number of carbonyl (C=O) groups excluding carboxylic acids is 2. The van der Waals surface area contributed by atoms with E-state index in [0.29, 0.717) is 0 Å². The van der Waals surface area contributed by atoms with Crippen molar-refractivity contribution >= 4 is 11.6 Å². The molecule has 2 heteroatoms. The van der Waals surface area contributed by atoms with Gasteiger partial charge in [-0.25, -0.2) is 0 Å². The summed E-state index contributed by atoms with van der Waals surface area (Å²) in [5.74, 6) is 0.166. The van der Waals surface area contributed by atoms with Crippen molar-refractivity contribution in [2.45, 2.75) is 58.8 Å². The number of aryl methyl sites for hydroxylation is 1. The van der Waals surface area contributed by atoms with E-state index in [0.717, 1.165) is 47.9 Å². The number of rotatable bonds is 7. The van der Waals surface area contributed by atoms with Crippen LogP contribution in [0.5, 0.6) is 0 Å². The molecule has 158 valence electrons. The minimum atomic E-state index is -0.151. The zero-order valence-corrected chi connectivity index (χ0v) is 18.9. The topological polar surface area (TPSA) is 34.1 Å². The SMILES string of the molecule is CCCC1(CCC)c2cc(C(C)=O)ccc2-c2ccc(C(=O)c3ccccc3C)cc21. The monoisotopic (exact) mass is 410 g/mol. The van der Waals surface area contributed by atoms with Crippen molar-refractivity contribution in [3.63, 3.8) is 0 Å². The fourth-order valence-electron chi connectivity index (χ4n) is 5.36. The lowest BCUT2D eigenvalue weighted by atomic mass is 9.71. The van der Waals surface area contributed by atoms with Crippen LogP contribution in [0.2, 0.25) is 0 Å². The standard InChI is InChI=1S/C29H30O2/c1-5-15-29(16-6-2)26-17-21(20(4)30)11-13-24(26)25-14-12-22(18-27(25)29)28(31)23-10-8-7-9-19(23)3/h7-14,17-18H,5-6,15-16H2,1-4H3. The molecule has 4 rings (SSSR count). The first-order valence-corrected chi connectivity index (χ1v) is 11.3. The summed E-state index contributed by atoms with van der Waals surface area (Å²) in [7, 11) is 0. The summed E-state index contributed by atoms with van der Waals surface area (Å²) in [5, 5.41) is 0. The van der Waals surface area contributed by atoms with E-state index in [9.17, 15) is 9.59 Å². The van der Waals surface area contributed by atoms with E-state index in [1.54, 1.807) is 6.92 Å². The zero-order chi connectivity index (χ0) is 22.2. The Morgan fingerprint density at radius 3 is 1.87 bits per heavy atom. The van der Waals surface area contributed by atoms with E-state index in [2.05, 4.69) is 38.1 Å². The number of hydrogen-bond donors (Lipinski definition) is 0. The third-order valence-electron chi connectivity index (χ3n) is 6.77. The van der Waals surface area contributed by atoms with Crippen LogP contribution < -0.4 is 0 Å². The summed E-state index contributed by atoms with van der Waals surface area (Å²) in [6.45, 7) is 8.04. The molecule has 1 aliphatic carbocycles. The predicted octanol–water partition coefficient (Wildman–Crippen LogP) is 7.30. The molecular formula is C29H30O2.